The van der Waals surface area contributed by atoms with E-state index in [-0.39, 0.29) is 0 Å². The third-order valence-corrected chi connectivity index (χ3v) is 7.50. The van der Waals surface area contributed by atoms with Crippen molar-refractivity contribution >= 4 is 8.07 Å². The lowest BCUT2D eigenvalue weighted by Crippen LogP contribution is -2.23. The van der Waals surface area contributed by atoms with E-state index in [0.717, 1.165) is 0 Å². The van der Waals surface area contributed by atoms with Crippen LogP contribution in [0.1, 0.15) is 84.0 Å². The fourth-order valence-electron chi connectivity index (χ4n) is 2.94. The second kappa shape index (κ2) is 13.9. The van der Waals surface area contributed by atoms with Crippen molar-refractivity contribution in [3.63, 3.8) is 0 Å². The van der Waals surface area contributed by atoms with Gasteiger partial charge in [-0.05, 0) is 6.04 Å². The molecule has 0 aromatic carbocycles. The molecule has 0 radical (unpaired) electrons. The molecule has 0 aromatic heterocycles. The summed E-state index contributed by atoms with van der Waals surface area (Å²) in [5.41, 5.74) is 0. The molecule has 0 N–H and O–H groups in total. The summed E-state index contributed by atoms with van der Waals surface area (Å²) in [6.07, 6.45) is 19.6. The zero-order chi connectivity index (χ0) is 15.1. The molecule has 0 aliphatic rings. The van der Waals surface area contributed by atoms with E-state index in [1.165, 1.54) is 89.1 Å². The van der Waals surface area contributed by atoms with E-state index >= 15 is 0 Å². The largest absolute Gasteiger partial charge is 0.103 e. The van der Waals surface area contributed by atoms with Crippen molar-refractivity contribution in [1.29, 1.82) is 0 Å². The minimum atomic E-state index is -0.919. The van der Waals surface area contributed by atoms with Gasteiger partial charge in [-0.1, -0.05) is 109 Å². The Kier molecular flexibility index (Phi) is 13.9. The Labute approximate surface area is 130 Å². The predicted octanol–water partition coefficient (Wildman–Crippen LogP) is 7.58. The molecule has 0 nitrogen and oxygen atoms in total. The van der Waals surface area contributed by atoms with Crippen LogP contribution in [-0.4, -0.2) is 8.07 Å². The van der Waals surface area contributed by atoms with Gasteiger partial charge in [-0.3, -0.25) is 0 Å². The van der Waals surface area contributed by atoms with Gasteiger partial charge in [-0.25, -0.2) is 0 Å². The lowest BCUT2D eigenvalue weighted by molar-refractivity contribution is 0.547. The summed E-state index contributed by atoms with van der Waals surface area (Å²) in [7, 11) is -0.919. The lowest BCUT2D eigenvalue weighted by atomic mass is 10.1. The van der Waals surface area contributed by atoms with Gasteiger partial charge in [-0.2, -0.15) is 0 Å². The highest BCUT2D eigenvalue weighted by Gasteiger charge is 2.17. The van der Waals surface area contributed by atoms with Crippen molar-refractivity contribution in [3.8, 4) is 0 Å². The Morgan fingerprint density at radius 3 is 1.50 bits per heavy atom. The van der Waals surface area contributed by atoms with Crippen LogP contribution in [-0.2, 0) is 0 Å². The summed E-state index contributed by atoms with van der Waals surface area (Å²) in [5.74, 6) is 0. The van der Waals surface area contributed by atoms with Crippen molar-refractivity contribution in [2.24, 2.45) is 0 Å². The summed E-state index contributed by atoms with van der Waals surface area (Å²) in [6, 6.07) is 2.79. The molecule has 0 aromatic rings. The molecular formula is C19H40Si. The molecule has 120 valence electrons. The van der Waals surface area contributed by atoms with E-state index < -0.39 is 8.07 Å². The monoisotopic (exact) mass is 296 g/mol. The Balaban J connectivity index is 3.15. The molecule has 0 fully saturated rings. The lowest BCUT2D eigenvalue weighted by Gasteiger charge is -2.19. The molecule has 0 saturated heterocycles. The molecule has 0 unspecified atom stereocenters. The summed E-state index contributed by atoms with van der Waals surface area (Å²) < 4.78 is 0. The normalized spacial score (nSPS) is 11.8. The number of hydrogen-bond donors (Lipinski definition) is 0. The maximum atomic E-state index is 3.89. The molecule has 0 aliphatic heterocycles. The molecule has 20 heavy (non-hydrogen) atoms. The fourth-order valence-corrected chi connectivity index (χ4v) is 5.13. The van der Waals surface area contributed by atoms with Crippen molar-refractivity contribution in [2.75, 3.05) is 0 Å². The van der Waals surface area contributed by atoms with Crippen LogP contribution in [0.2, 0.25) is 25.2 Å². The number of rotatable bonds is 15. The molecular weight excluding hydrogens is 256 g/mol. The predicted molar refractivity (Wildman–Crippen MR) is 98.4 cm³/mol. The smallest absolute Gasteiger partial charge is 0.0511 e. The van der Waals surface area contributed by atoms with Crippen molar-refractivity contribution in [1.82, 2.24) is 0 Å². The van der Waals surface area contributed by atoms with Crippen LogP contribution in [0, 0.1) is 0 Å². The van der Waals surface area contributed by atoms with Gasteiger partial charge in [0.2, 0.25) is 0 Å². The highest BCUT2D eigenvalue weighted by Crippen LogP contribution is 2.20. The summed E-state index contributed by atoms with van der Waals surface area (Å²) in [6.45, 7) is 11.2. The molecule has 0 amide bonds. The van der Waals surface area contributed by atoms with Crippen LogP contribution in [0.4, 0.5) is 0 Å². The molecule has 0 bridgehead atoms. The Hall–Kier alpha value is -0.0431. The molecule has 0 rings (SSSR count). The first-order valence-electron chi connectivity index (χ1n) is 9.23. The van der Waals surface area contributed by atoms with E-state index in [1.807, 2.05) is 0 Å². The third kappa shape index (κ3) is 14.4. The van der Waals surface area contributed by atoms with E-state index in [0.29, 0.717) is 0 Å². The Bertz CT molecular complexity index is 208. The van der Waals surface area contributed by atoms with Gasteiger partial charge >= 0.3 is 0 Å². The van der Waals surface area contributed by atoms with Gasteiger partial charge in [0.15, 0.2) is 0 Å². The van der Waals surface area contributed by atoms with Gasteiger partial charge in [0, 0.05) is 0 Å². The van der Waals surface area contributed by atoms with Crippen LogP contribution >= 0.6 is 0 Å². The zero-order valence-corrected chi connectivity index (χ0v) is 15.7. The molecule has 0 aliphatic carbocycles. The van der Waals surface area contributed by atoms with Crippen LogP contribution in [0.15, 0.2) is 12.7 Å². The highest BCUT2D eigenvalue weighted by molar-refractivity contribution is 6.77. The first kappa shape index (κ1) is 20.0. The second-order valence-corrected chi connectivity index (χ2v) is 12.5. The molecule has 0 heterocycles. The average Bonchev–Trinajstić information content (AvgIpc) is 2.40. The molecule has 1 heteroatoms. The standard InChI is InChI=1S/C19H40Si/c1-5-7-8-9-10-11-12-13-14-15-16-17-19-20(3,4)18-6-2/h6H,2,5,7-19H2,1,3-4H3. The third-order valence-electron chi connectivity index (χ3n) is 4.40. The van der Waals surface area contributed by atoms with Crippen LogP contribution in [0.3, 0.4) is 0 Å². The highest BCUT2D eigenvalue weighted by atomic mass is 28.3. The van der Waals surface area contributed by atoms with Gasteiger partial charge in [0.1, 0.15) is 0 Å². The van der Waals surface area contributed by atoms with Gasteiger partial charge in [-0.15, -0.1) is 6.58 Å². The van der Waals surface area contributed by atoms with Crippen molar-refractivity contribution < 1.29 is 0 Å². The zero-order valence-electron chi connectivity index (χ0n) is 14.7. The van der Waals surface area contributed by atoms with Gasteiger partial charge in [0.05, 0.1) is 8.07 Å². The van der Waals surface area contributed by atoms with Crippen molar-refractivity contribution in [2.45, 2.75) is 109 Å². The minimum Gasteiger partial charge on any atom is -0.103 e. The second-order valence-electron chi connectivity index (χ2n) is 7.30. The van der Waals surface area contributed by atoms with E-state index in [9.17, 15) is 0 Å². The molecule has 0 atom stereocenters. The van der Waals surface area contributed by atoms with Crippen LogP contribution < -0.4 is 0 Å². The van der Waals surface area contributed by atoms with E-state index in [4.69, 9.17) is 0 Å². The summed E-state index contributed by atoms with van der Waals surface area (Å²) >= 11 is 0. The summed E-state index contributed by atoms with van der Waals surface area (Å²) in [4.78, 5) is 0. The molecule has 0 saturated carbocycles. The van der Waals surface area contributed by atoms with E-state index in [2.05, 4.69) is 32.7 Å². The molecule has 0 spiro atoms. The van der Waals surface area contributed by atoms with Crippen molar-refractivity contribution in [3.05, 3.63) is 12.7 Å². The topological polar surface area (TPSA) is 0 Å². The Morgan fingerprint density at radius 2 is 1.10 bits per heavy atom. The van der Waals surface area contributed by atoms with E-state index in [1.54, 1.807) is 0 Å². The van der Waals surface area contributed by atoms with Gasteiger partial charge < -0.3 is 0 Å². The maximum Gasteiger partial charge on any atom is 0.0511 e. The minimum absolute atomic E-state index is 0.919. The average molecular weight is 297 g/mol. The fraction of sp³-hybridized carbons (Fsp3) is 0.895. The first-order chi connectivity index (χ1) is 9.62. The maximum absolute atomic E-state index is 3.89. The number of allylic oxidation sites excluding steroid dienone is 1. The number of unbranched alkanes of at least 4 members (excludes halogenated alkanes) is 11. The first-order valence-corrected chi connectivity index (χ1v) is 12.6. The number of hydrogen-bond acceptors (Lipinski definition) is 0. The van der Waals surface area contributed by atoms with Crippen LogP contribution in [0.25, 0.3) is 0 Å². The SMILES string of the molecule is C=CC[Si](C)(C)CCCCCCCCCCCCCC. The Morgan fingerprint density at radius 1 is 0.700 bits per heavy atom. The van der Waals surface area contributed by atoms with Crippen LogP contribution in [0.5, 0.6) is 0 Å². The summed E-state index contributed by atoms with van der Waals surface area (Å²) in [5, 5.41) is 0. The van der Waals surface area contributed by atoms with Gasteiger partial charge in [0.25, 0.3) is 0 Å². The quantitative estimate of drug-likeness (QED) is 0.166.